The molecule has 0 aliphatic heterocycles. The largest absolute Gasteiger partial charge is 0.495 e. The lowest BCUT2D eigenvalue weighted by molar-refractivity contribution is -0.703. The molecule has 0 aromatic heterocycles. The number of hydrogen-bond acceptors (Lipinski definition) is 4. The molecule has 0 atom stereocenters. The number of benzene rings is 2. The fourth-order valence-corrected chi connectivity index (χ4v) is 4.31. The highest BCUT2D eigenvalue weighted by molar-refractivity contribution is 9.10. The van der Waals surface area contributed by atoms with E-state index in [1.807, 2.05) is 31.2 Å². The average Bonchev–Trinajstić information content (AvgIpc) is 3.26. The molecule has 1 fully saturated rings. The van der Waals surface area contributed by atoms with Gasteiger partial charge in [0.05, 0.1) is 29.9 Å². The monoisotopic (exact) mass is 477 g/mol. The second-order valence-corrected chi connectivity index (χ2v) is 8.21. The first kappa shape index (κ1) is 22.4. The molecule has 30 heavy (non-hydrogen) atoms. The van der Waals surface area contributed by atoms with Gasteiger partial charge >= 0.3 is 0 Å². The average molecular weight is 478 g/mol. The van der Waals surface area contributed by atoms with Gasteiger partial charge in [-0.2, -0.15) is 0 Å². The van der Waals surface area contributed by atoms with Gasteiger partial charge in [-0.25, -0.2) is 0 Å². The number of amides is 1. The third kappa shape index (κ3) is 6.12. The molecule has 3 rings (SSSR count). The Morgan fingerprint density at radius 3 is 2.67 bits per heavy atom. The lowest BCUT2D eigenvalue weighted by Gasteiger charge is -2.16. The Hall–Kier alpha value is -2.25. The molecule has 0 bridgehead atoms. The van der Waals surface area contributed by atoms with Crippen LogP contribution in [0.15, 0.2) is 40.9 Å². The first-order valence-electron chi connectivity index (χ1n) is 10.4. The molecule has 7 heteroatoms. The summed E-state index contributed by atoms with van der Waals surface area (Å²) in [5.41, 5.74) is 1.78. The highest BCUT2D eigenvalue weighted by Gasteiger charge is 2.19. The van der Waals surface area contributed by atoms with Gasteiger partial charge in [-0.05, 0) is 72.8 Å². The number of ether oxygens (including phenoxy) is 3. The Balaban J connectivity index is 1.64. The Bertz CT molecular complexity index is 853. The maximum atomic E-state index is 12.4. The van der Waals surface area contributed by atoms with E-state index in [-0.39, 0.29) is 12.5 Å². The van der Waals surface area contributed by atoms with E-state index >= 15 is 0 Å². The maximum absolute atomic E-state index is 12.4. The number of carbonyl (C=O) groups is 1. The van der Waals surface area contributed by atoms with Crippen LogP contribution >= 0.6 is 15.9 Å². The van der Waals surface area contributed by atoms with E-state index in [9.17, 15) is 4.79 Å². The molecule has 0 spiro atoms. The minimum atomic E-state index is -0.271. The van der Waals surface area contributed by atoms with Crippen LogP contribution in [0, 0.1) is 0 Å². The predicted octanol–water partition coefficient (Wildman–Crippen LogP) is 3.88. The van der Waals surface area contributed by atoms with E-state index in [2.05, 4.69) is 26.6 Å². The molecule has 1 amide bonds. The number of quaternary nitrogens is 1. The molecular formula is C23H30BrN2O4+. The summed E-state index contributed by atoms with van der Waals surface area (Å²) in [6, 6.07) is 12.0. The van der Waals surface area contributed by atoms with Crippen LogP contribution in [0.3, 0.4) is 0 Å². The highest BCUT2D eigenvalue weighted by atomic mass is 79.9. The topological polar surface area (TPSA) is 73.4 Å². The minimum Gasteiger partial charge on any atom is -0.495 e. The first-order chi connectivity index (χ1) is 14.6. The third-order valence-corrected chi connectivity index (χ3v) is 5.77. The van der Waals surface area contributed by atoms with Gasteiger partial charge in [0.2, 0.25) is 0 Å². The lowest BCUT2D eigenvalue weighted by Crippen LogP contribution is -2.87. The van der Waals surface area contributed by atoms with Crippen molar-refractivity contribution in [2.75, 3.05) is 25.6 Å². The molecule has 162 valence electrons. The van der Waals surface area contributed by atoms with Gasteiger partial charge in [-0.1, -0.05) is 12.1 Å². The van der Waals surface area contributed by atoms with Gasteiger partial charge in [0.1, 0.15) is 12.3 Å². The standard InChI is InChI=1S/C23H29BrN2O4/c1-3-29-21-13-16(14-25-17-8-4-5-9-17)12-18(24)23(21)30-15-22(27)26-19-10-6-7-11-20(19)28-2/h6-7,10-13,17,25H,3-5,8-9,14-15H2,1-2H3,(H,26,27)/p+1. The summed E-state index contributed by atoms with van der Waals surface area (Å²) in [5, 5.41) is 5.22. The van der Waals surface area contributed by atoms with Gasteiger partial charge in [-0.15, -0.1) is 0 Å². The number of rotatable bonds is 10. The SMILES string of the molecule is CCOc1cc(C[NH2+]C2CCCC2)cc(Br)c1OCC(=O)Nc1ccccc1OC. The summed E-state index contributed by atoms with van der Waals surface area (Å²) in [7, 11) is 1.57. The number of methoxy groups -OCH3 is 1. The van der Waals surface area contributed by atoms with Crippen molar-refractivity contribution in [3.63, 3.8) is 0 Å². The summed E-state index contributed by atoms with van der Waals surface area (Å²) >= 11 is 3.59. The highest BCUT2D eigenvalue weighted by Crippen LogP contribution is 2.37. The Morgan fingerprint density at radius 2 is 1.93 bits per heavy atom. The lowest BCUT2D eigenvalue weighted by atomic mass is 10.1. The molecule has 0 saturated heterocycles. The molecule has 1 saturated carbocycles. The third-order valence-electron chi connectivity index (χ3n) is 5.18. The number of nitrogens with two attached hydrogens (primary N) is 1. The van der Waals surface area contributed by atoms with E-state index < -0.39 is 0 Å². The Morgan fingerprint density at radius 1 is 1.17 bits per heavy atom. The molecule has 3 N–H and O–H groups in total. The van der Waals surface area contributed by atoms with E-state index in [1.54, 1.807) is 19.2 Å². The fourth-order valence-electron chi connectivity index (χ4n) is 3.71. The zero-order valence-electron chi connectivity index (χ0n) is 17.6. The molecule has 2 aromatic carbocycles. The van der Waals surface area contributed by atoms with Gasteiger partial charge < -0.3 is 24.8 Å². The zero-order valence-corrected chi connectivity index (χ0v) is 19.2. The number of carbonyl (C=O) groups excluding carboxylic acids is 1. The van der Waals surface area contributed by atoms with E-state index in [0.29, 0.717) is 35.6 Å². The second-order valence-electron chi connectivity index (χ2n) is 7.36. The molecule has 0 unspecified atom stereocenters. The molecular weight excluding hydrogens is 448 g/mol. The first-order valence-corrected chi connectivity index (χ1v) is 11.2. The number of anilines is 1. The molecule has 1 aliphatic carbocycles. The summed E-state index contributed by atoms with van der Waals surface area (Å²) in [6.45, 7) is 3.22. The van der Waals surface area contributed by atoms with Gasteiger partial charge in [-0.3, -0.25) is 4.79 Å². The van der Waals surface area contributed by atoms with E-state index in [4.69, 9.17) is 14.2 Å². The fraction of sp³-hybridized carbons (Fsp3) is 0.435. The van der Waals surface area contributed by atoms with Gasteiger partial charge in [0.25, 0.3) is 5.91 Å². The van der Waals surface area contributed by atoms with Crippen LogP contribution in [-0.2, 0) is 11.3 Å². The van der Waals surface area contributed by atoms with E-state index in [1.165, 1.54) is 31.2 Å². The van der Waals surface area contributed by atoms with Gasteiger partial charge in [0.15, 0.2) is 18.1 Å². The summed E-state index contributed by atoms with van der Waals surface area (Å²) in [6.07, 6.45) is 5.25. The summed E-state index contributed by atoms with van der Waals surface area (Å²) < 4.78 is 17.7. The van der Waals surface area contributed by atoms with Crippen molar-refractivity contribution in [3.8, 4) is 17.2 Å². The van der Waals surface area contributed by atoms with Crippen LogP contribution in [0.2, 0.25) is 0 Å². The molecule has 1 aliphatic rings. The van der Waals surface area contributed by atoms with Crippen molar-refractivity contribution in [3.05, 3.63) is 46.4 Å². The maximum Gasteiger partial charge on any atom is 0.262 e. The van der Waals surface area contributed by atoms with Crippen LogP contribution in [0.1, 0.15) is 38.2 Å². The number of halogens is 1. The van der Waals surface area contributed by atoms with Crippen LogP contribution in [0.25, 0.3) is 0 Å². The number of nitrogens with one attached hydrogen (secondary N) is 1. The Kier molecular flexibility index (Phi) is 8.39. The smallest absolute Gasteiger partial charge is 0.262 e. The zero-order chi connectivity index (χ0) is 21.3. The quantitative estimate of drug-likeness (QED) is 0.544. The molecule has 6 nitrogen and oxygen atoms in total. The molecule has 2 aromatic rings. The molecule has 0 radical (unpaired) electrons. The molecule has 0 heterocycles. The number of hydrogen-bond donors (Lipinski definition) is 2. The van der Waals surface area contributed by atoms with E-state index in [0.717, 1.165) is 11.0 Å². The van der Waals surface area contributed by atoms with Crippen molar-refractivity contribution in [1.29, 1.82) is 0 Å². The van der Waals surface area contributed by atoms with Crippen LogP contribution < -0.4 is 24.8 Å². The van der Waals surface area contributed by atoms with Crippen molar-refractivity contribution >= 4 is 27.5 Å². The summed E-state index contributed by atoms with van der Waals surface area (Å²) in [4.78, 5) is 12.4. The van der Waals surface area contributed by atoms with Crippen molar-refractivity contribution < 1.29 is 24.3 Å². The number of para-hydroxylation sites is 2. The van der Waals surface area contributed by atoms with Crippen LogP contribution in [0.5, 0.6) is 17.2 Å². The van der Waals surface area contributed by atoms with Crippen LogP contribution in [0.4, 0.5) is 5.69 Å². The Labute approximate surface area is 186 Å². The summed E-state index contributed by atoms with van der Waals surface area (Å²) in [5.74, 6) is 1.51. The van der Waals surface area contributed by atoms with Crippen molar-refractivity contribution in [1.82, 2.24) is 0 Å². The van der Waals surface area contributed by atoms with Crippen LogP contribution in [-0.4, -0.2) is 32.3 Å². The predicted molar refractivity (Wildman–Crippen MR) is 120 cm³/mol. The van der Waals surface area contributed by atoms with Gasteiger partial charge in [0, 0.05) is 5.56 Å². The van der Waals surface area contributed by atoms with Crippen molar-refractivity contribution in [2.24, 2.45) is 0 Å². The normalized spacial score (nSPS) is 13.8. The minimum absolute atomic E-state index is 0.135. The van der Waals surface area contributed by atoms with Crippen molar-refractivity contribution in [2.45, 2.75) is 45.2 Å². The second kappa shape index (κ2) is 11.2.